The summed E-state index contributed by atoms with van der Waals surface area (Å²) in [7, 11) is 0. The van der Waals surface area contributed by atoms with E-state index < -0.39 is 0 Å². The van der Waals surface area contributed by atoms with Gasteiger partial charge in [0.2, 0.25) is 5.91 Å². The third-order valence-electron chi connectivity index (χ3n) is 4.65. The molecule has 0 aliphatic carbocycles. The van der Waals surface area contributed by atoms with E-state index in [4.69, 9.17) is 16.0 Å². The number of furan rings is 1. The predicted molar refractivity (Wildman–Crippen MR) is 126 cm³/mol. The Bertz CT molecular complexity index is 1070. The first kappa shape index (κ1) is 23.1. The SMILES string of the molecule is CCCCn1nc(C)c(/C=C/C(=O)Nc2ccc(NC(=O)NCc3ccco3)cc2)c1Cl. The largest absolute Gasteiger partial charge is 0.467 e. The third kappa shape index (κ3) is 6.49. The van der Waals surface area contributed by atoms with Gasteiger partial charge in [0.25, 0.3) is 0 Å². The highest BCUT2D eigenvalue weighted by Gasteiger charge is 2.11. The lowest BCUT2D eigenvalue weighted by atomic mass is 10.2. The van der Waals surface area contributed by atoms with Crippen molar-refractivity contribution >= 4 is 41.0 Å². The molecule has 0 atom stereocenters. The topological polar surface area (TPSA) is 101 Å². The van der Waals surface area contributed by atoms with Crippen LogP contribution in [0.15, 0.2) is 53.2 Å². The average Bonchev–Trinajstić information content (AvgIpc) is 3.39. The van der Waals surface area contributed by atoms with Crippen LogP contribution in [0.3, 0.4) is 0 Å². The van der Waals surface area contributed by atoms with E-state index in [9.17, 15) is 9.59 Å². The lowest BCUT2D eigenvalue weighted by Crippen LogP contribution is -2.27. The molecule has 3 rings (SSSR count). The molecular weight excluding hydrogens is 430 g/mol. The number of hydrogen-bond donors (Lipinski definition) is 3. The fourth-order valence-electron chi connectivity index (χ4n) is 2.95. The molecule has 0 radical (unpaired) electrons. The molecule has 0 saturated carbocycles. The zero-order chi connectivity index (χ0) is 22.9. The van der Waals surface area contributed by atoms with Crippen molar-refractivity contribution in [2.75, 3.05) is 10.6 Å². The molecule has 3 amide bonds. The molecule has 2 heterocycles. The van der Waals surface area contributed by atoms with Crippen molar-refractivity contribution < 1.29 is 14.0 Å². The highest BCUT2D eigenvalue weighted by molar-refractivity contribution is 6.31. The molecule has 32 heavy (non-hydrogen) atoms. The molecule has 8 nitrogen and oxygen atoms in total. The minimum Gasteiger partial charge on any atom is -0.467 e. The van der Waals surface area contributed by atoms with Gasteiger partial charge >= 0.3 is 6.03 Å². The number of nitrogens with one attached hydrogen (secondary N) is 3. The van der Waals surface area contributed by atoms with Crippen molar-refractivity contribution in [3.63, 3.8) is 0 Å². The highest BCUT2D eigenvalue weighted by atomic mass is 35.5. The number of aryl methyl sites for hydroxylation is 2. The molecule has 0 unspecified atom stereocenters. The second-order valence-electron chi connectivity index (χ2n) is 7.15. The Morgan fingerprint density at radius 3 is 2.53 bits per heavy atom. The average molecular weight is 456 g/mol. The maximum atomic E-state index is 12.3. The molecule has 0 fully saturated rings. The highest BCUT2D eigenvalue weighted by Crippen LogP contribution is 2.22. The first-order valence-electron chi connectivity index (χ1n) is 10.4. The zero-order valence-electron chi connectivity index (χ0n) is 18.0. The number of unbranched alkanes of at least 4 members (excludes halogenated alkanes) is 1. The normalized spacial score (nSPS) is 11.0. The number of benzene rings is 1. The van der Waals surface area contributed by atoms with Crippen LogP contribution in [0.25, 0.3) is 6.08 Å². The number of amides is 3. The Balaban J connectivity index is 1.51. The number of nitrogens with zero attached hydrogens (tertiary/aromatic N) is 2. The molecule has 0 spiro atoms. The van der Waals surface area contributed by atoms with E-state index in [1.807, 2.05) is 6.92 Å². The number of carbonyl (C=O) groups excluding carboxylic acids is 2. The number of rotatable bonds is 9. The minimum atomic E-state index is -0.354. The van der Waals surface area contributed by atoms with Gasteiger partial charge in [-0.2, -0.15) is 5.10 Å². The fraction of sp³-hybridized carbons (Fsp3) is 0.261. The lowest BCUT2D eigenvalue weighted by Gasteiger charge is -2.08. The van der Waals surface area contributed by atoms with E-state index in [0.29, 0.717) is 28.8 Å². The van der Waals surface area contributed by atoms with Crippen molar-refractivity contribution in [3.8, 4) is 0 Å². The van der Waals surface area contributed by atoms with Crippen LogP contribution in [0, 0.1) is 6.92 Å². The maximum Gasteiger partial charge on any atom is 0.319 e. The number of hydrogen-bond acceptors (Lipinski definition) is 4. The van der Waals surface area contributed by atoms with Crippen molar-refractivity contribution in [2.24, 2.45) is 0 Å². The smallest absolute Gasteiger partial charge is 0.319 e. The third-order valence-corrected chi connectivity index (χ3v) is 5.05. The standard InChI is InChI=1S/C23H26ClN5O3/c1-3-4-13-29-22(24)20(16(2)28-29)11-12-21(30)26-17-7-9-18(10-8-17)27-23(31)25-15-19-6-5-14-32-19/h5-12,14H,3-4,13,15H2,1-2H3,(H,26,30)(H2,25,27,31)/b12-11+. The van der Waals surface area contributed by atoms with Crippen LogP contribution in [0.2, 0.25) is 5.15 Å². The molecule has 0 saturated heterocycles. The van der Waals surface area contributed by atoms with Crippen LogP contribution in [0.1, 0.15) is 36.8 Å². The molecule has 0 bridgehead atoms. The van der Waals surface area contributed by atoms with Gasteiger partial charge in [-0.25, -0.2) is 4.79 Å². The van der Waals surface area contributed by atoms with Gasteiger partial charge in [-0.15, -0.1) is 0 Å². The van der Waals surface area contributed by atoms with E-state index in [2.05, 4.69) is 28.0 Å². The molecule has 0 aliphatic heterocycles. The second kappa shape index (κ2) is 11.2. The summed E-state index contributed by atoms with van der Waals surface area (Å²) in [6.45, 7) is 5.01. The van der Waals surface area contributed by atoms with Gasteiger partial charge in [-0.3, -0.25) is 9.48 Å². The van der Waals surface area contributed by atoms with Gasteiger partial charge < -0.3 is 20.4 Å². The Labute approximate surface area is 191 Å². The second-order valence-corrected chi connectivity index (χ2v) is 7.51. The summed E-state index contributed by atoms with van der Waals surface area (Å²) >= 11 is 6.39. The number of aromatic nitrogens is 2. The van der Waals surface area contributed by atoms with E-state index >= 15 is 0 Å². The molecular formula is C23H26ClN5O3. The van der Waals surface area contributed by atoms with Gasteiger partial charge in [0.15, 0.2) is 0 Å². The van der Waals surface area contributed by atoms with Gasteiger partial charge in [0.1, 0.15) is 10.9 Å². The molecule has 0 aliphatic rings. The summed E-state index contributed by atoms with van der Waals surface area (Å²) in [5.74, 6) is 0.370. The number of halogens is 1. The van der Waals surface area contributed by atoms with Gasteiger partial charge in [0.05, 0.1) is 18.5 Å². The Hall–Kier alpha value is -3.52. The Kier molecular flexibility index (Phi) is 8.10. The van der Waals surface area contributed by atoms with Crippen LogP contribution < -0.4 is 16.0 Å². The zero-order valence-corrected chi connectivity index (χ0v) is 18.8. The van der Waals surface area contributed by atoms with E-state index in [-0.39, 0.29) is 11.9 Å². The lowest BCUT2D eigenvalue weighted by molar-refractivity contribution is -0.111. The molecule has 2 aromatic heterocycles. The quantitative estimate of drug-likeness (QED) is 0.385. The number of urea groups is 1. The molecule has 9 heteroatoms. The van der Waals surface area contributed by atoms with E-state index in [0.717, 1.165) is 30.6 Å². The van der Waals surface area contributed by atoms with Gasteiger partial charge in [-0.05, 0) is 55.8 Å². The predicted octanol–water partition coefficient (Wildman–Crippen LogP) is 5.21. The summed E-state index contributed by atoms with van der Waals surface area (Å²) in [6.07, 6.45) is 6.68. The Morgan fingerprint density at radius 1 is 1.16 bits per heavy atom. The van der Waals surface area contributed by atoms with Gasteiger partial charge in [0, 0.05) is 29.6 Å². The first-order chi connectivity index (χ1) is 15.5. The molecule has 3 aromatic rings. The van der Waals surface area contributed by atoms with E-state index in [1.165, 1.54) is 6.08 Å². The van der Waals surface area contributed by atoms with Crippen molar-refractivity contribution in [1.82, 2.24) is 15.1 Å². The van der Waals surface area contributed by atoms with Crippen molar-refractivity contribution in [3.05, 3.63) is 70.9 Å². The van der Waals surface area contributed by atoms with Gasteiger partial charge in [-0.1, -0.05) is 24.9 Å². The molecule has 3 N–H and O–H groups in total. The Morgan fingerprint density at radius 2 is 1.88 bits per heavy atom. The summed E-state index contributed by atoms with van der Waals surface area (Å²) < 4.78 is 6.92. The number of carbonyl (C=O) groups is 2. The maximum absolute atomic E-state index is 12.3. The fourth-order valence-corrected chi connectivity index (χ4v) is 3.27. The van der Waals surface area contributed by atoms with Crippen LogP contribution in [-0.2, 0) is 17.9 Å². The van der Waals surface area contributed by atoms with Crippen LogP contribution >= 0.6 is 11.6 Å². The van der Waals surface area contributed by atoms with Crippen LogP contribution in [-0.4, -0.2) is 21.7 Å². The minimum absolute atomic E-state index is 0.292. The van der Waals surface area contributed by atoms with E-state index in [1.54, 1.807) is 53.4 Å². The molecule has 168 valence electrons. The monoisotopic (exact) mass is 455 g/mol. The summed E-state index contributed by atoms with van der Waals surface area (Å²) in [6, 6.07) is 9.99. The van der Waals surface area contributed by atoms with Crippen molar-refractivity contribution in [2.45, 2.75) is 39.8 Å². The van der Waals surface area contributed by atoms with Crippen LogP contribution in [0.4, 0.5) is 16.2 Å². The number of anilines is 2. The summed E-state index contributed by atoms with van der Waals surface area (Å²) in [4.78, 5) is 24.2. The van der Waals surface area contributed by atoms with Crippen molar-refractivity contribution in [1.29, 1.82) is 0 Å². The first-order valence-corrected chi connectivity index (χ1v) is 10.7. The summed E-state index contributed by atoms with van der Waals surface area (Å²) in [5.41, 5.74) is 2.70. The molecule has 1 aromatic carbocycles. The summed E-state index contributed by atoms with van der Waals surface area (Å²) in [5, 5.41) is 13.1. The van der Waals surface area contributed by atoms with Crippen LogP contribution in [0.5, 0.6) is 0 Å².